The van der Waals surface area contributed by atoms with E-state index in [9.17, 15) is 8.42 Å². The molecule has 2 atom stereocenters. The summed E-state index contributed by atoms with van der Waals surface area (Å²) in [4.78, 5) is 0.161. The number of hydrogen-bond acceptors (Lipinski definition) is 5. The number of rotatable bonds is 6. The molecule has 0 saturated carbocycles. The first kappa shape index (κ1) is 16.4. The lowest BCUT2D eigenvalue weighted by Gasteiger charge is -2.25. The summed E-state index contributed by atoms with van der Waals surface area (Å²) in [5.74, 6) is 0. The number of aryl methyl sites for hydroxylation is 1. The molecule has 0 radical (unpaired) electrons. The van der Waals surface area contributed by atoms with Crippen LogP contribution >= 0.6 is 0 Å². The summed E-state index contributed by atoms with van der Waals surface area (Å²) in [5, 5.41) is 0. The van der Waals surface area contributed by atoms with Gasteiger partial charge in [0.2, 0.25) is 0 Å². The molecular formula is C15H22O5S. The minimum absolute atomic E-state index is 0.0178. The molecule has 1 fully saturated rings. The summed E-state index contributed by atoms with van der Waals surface area (Å²) in [6, 6.07) is 6.57. The van der Waals surface area contributed by atoms with Crippen molar-refractivity contribution < 1.29 is 22.1 Å². The van der Waals surface area contributed by atoms with E-state index in [-0.39, 0.29) is 23.9 Å². The van der Waals surface area contributed by atoms with E-state index in [2.05, 4.69) is 0 Å². The molecule has 1 aromatic carbocycles. The summed E-state index contributed by atoms with van der Waals surface area (Å²) in [5.41, 5.74) is 1.00. The van der Waals surface area contributed by atoms with Gasteiger partial charge in [0.1, 0.15) is 0 Å². The predicted octanol–water partition coefficient (Wildman–Crippen LogP) is 2.63. The number of benzene rings is 1. The van der Waals surface area contributed by atoms with Crippen molar-refractivity contribution >= 4 is 10.1 Å². The van der Waals surface area contributed by atoms with E-state index in [0.717, 1.165) is 24.8 Å². The lowest BCUT2D eigenvalue weighted by atomic mass is 10.2. The van der Waals surface area contributed by atoms with Crippen LogP contribution in [0.1, 0.15) is 31.7 Å². The van der Waals surface area contributed by atoms with E-state index in [1.54, 1.807) is 31.2 Å². The second-order valence-electron chi connectivity index (χ2n) is 5.29. The zero-order chi connectivity index (χ0) is 15.3. The van der Waals surface area contributed by atoms with Gasteiger partial charge in [0, 0.05) is 6.61 Å². The Kier molecular flexibility index (Phi) is 5.75. The monoisotopic (exact) mass is 314 g/mol. The van der Waals surface area contributed by atoms with Crippen molar-refractivity contribution in [1.82, 2.24) is 0 Å². The van der Waals surface area contributed by atoms with Gasteiger partial charge in [0.05, 0.1) is 17.6 Å². The largest absolute Gasteiger partial charge is 0.353 e. The molecule has 1 saturated heterocycles. The van der Waals surface area contributed by atoms with Crippen LogP contribution < -0.4 is 0 Å². The van der Waals surface area contributed by atoms with E-state index in [1.807, 2.05) is 6.92 Å². The summed E-state index contributed by atoms with van der Waals surface area (Å²) in [6.45, 7) is 4.36. The van der Waals surface area contributed by atoms with Crippen LogP contribution in [0.15, 0.2) is 29.2 Å². The Hall–Kier alpha value is -0.950. The lowest BCUT2D eigenvalue weighted by Crippen LogP contribution is -2.29. The second kappa shape index (κ2) is 7.35. The van der Waals surface area contributed by atoms with Gasteiger partial charge in [-0.3, -0.25) is 4.18 Å². The fourth-order valence-electron chi connectivity index (χ4n) is 2.08. The quantitative estimate of drug-likeness (QED) is 0.755. The fourth-order valence-corrected chi connectivity index (χ4v) is 3.05. The first-order valence-corrected chi connectivity index (χ1v) is 8.61. The van der Waals surface area contributed by atoms with Crippen molar-refractivity contribution in [3.63, 3.8) is 0 Å². The van der Waals surface area contributed by atoms with E-state index >= 15 is 0 Å². The third-order valence-corrected chi connectivity index (χ3v) is 4.59. The Balaban J connectivity index is 1.84. The Labute approximate surface area is 126 Å². The Morgan fingerprint density at radius 1 is 1.29 bits per heavy atom. The van der Waals surface area contributed by atoms with Crippen molar-refractivity contribution in [2.45, 2.75) is 50.4 Å². The minimum Gasteiger partial charge on any atom is -0.353 e. The summed E-state index contributed by atoms with van der Waals surface area (Å²) >= 11 is 0. The maximum Gasteiger partial charge on any atom is 0.297 e. The van der Waals surface area contributed by atoms with Crippen molar-refractivity contribution in [1.29, 1.82) is 0 Å². The van der Waals surface area contributed by atoms with Gasteiger partial charge < -0.3 is 9.47 Å². The number of ether oxygens (including phenoxy) is 2. The van der Waals surface area contributed by atoms with Crippen LogP contribution in [0.3, 0.4) is 0 Å². The molecule has 21 heavy (non-hydrogen) atoms. The maximum atomic E-state index is 12.0. The molecule has 5 nitrogen and oxygen atoms in total. The molecule has 0 aliphatic carbocycles. The molecule has 1 aromatic rings. The molecule has 1 aliphatic heterocycles. The summed E-state index contributed by atoms with van der Waals surface area (Å²) in [6.07, 6.45) is 2.37. The van der Waals surface area contributed by atoms with Crippen LogP contribution in [0, 0.1) is 6.92 Å². The smallest absolute Gasteiger partial charge is 0.297 e. The highest BCUT2D eigenvalue weighted by Crippen LogP contribution is 2.17. The van der Waals surface area contributed by atoms with Gasteiger partial charge in [-0.2, -0.15) is 8.42 Å². The molecular weight excluding hydrogens is 292 g/mol. The van der Waals surface area contributed by atoms with E-state index in [0.29, 0.717) is 6.61 Å². The van der Waals surface area contributed by atoms with Crippen LogP contribution in [0.2, 0.25) is 0 Å². The first-order valence-electron chi connectivity index (χ1n) is 7.20. The van der Waals surface area contributed by atoms with Gasteiger partial charge >= 0.3 is 0 Å². The third-order valence-electron chi connectivity index (χ3n) is 3.29. The highest BCUT2D eigenvalue weighted by Gasteiger charge is 2.20. The maximum absolute atomic E-state index is 12.0. The third kappa shape index (κ3) is 5.07. The van der Waals surface area contributed by atoms with Gasteiger partial charge in [-0.1, -0.05) is 17.7 Å². The topological polar surface area (TPSA) is 61.8 Å². The molecule has 0 spiro atoms. The predicted molar refractivity (Wildman–Crippen MR) is 78.5 cm³/mol. The highest BCUT2D eigenvalue weighted by atomic mass is 32.2. The van der Waals surface area contributed by atoms with Gasteiger partial charge in [-0.15, -0.1) is 0 Å². The SMILES string of the molecule is Cc1ccc(S(=O)(=O)OC[C@H](C)OC2CCCCO2)cc1. The zero-order valence-electron chi connectivity index (χ0n) is 12.4. The normalized spacial score (nSPS) is 21.1. The fraction of sp³-hybridized carbons (Fsp3) is 0.600. The molecule has 1 heterocycles. The Bertz CT molecular complexity index is 532. The molecule has 0 N–H and O–H groups in total. The molecule has 118 valence electrons. The molecule has 2 rings (SSSR count). The average molecular weight is 314 g/mol. The van der Waals surface area contributed by atoms with Crippen molar-refractivity contribution in [2.75, 3.05) is 13.2 Å². The molecule has 0 amide bonds. The first-order chi connectivity index (χ1) is 9.97. The van der Waals surface area contributed by atoms with Gasteiger partial charge in [-0.25, -0.2) is 0 Å². The van der Waals surface area contributed by atoms with Crippen LogP contribution in [0.25, 0.3) is 0 Å². The number of hydrogen-bond donors (Lipinski definition) is 0. The van der Waals surface area contributed by atoms with Crippen LogP contribution in [-0.4, -0.2) is 34.0 Å². The van der Waals surface area contributed by atoms with Gasteiger partial charge in [0.25, 0.3) is 10.1 Å². The van der Waals surface area contributed by atoms with Gasteiger partial charge in [0.15, 0.2) is 6.29 Å². The zero-order valence-corrected chi connectivity index (χ0v) is 13.3. The summed E-state index contributed by atoms with van der Waals surface area (Å²) in [7, 11) is -3.73. The Morgan fingerprint density at radius 2 is 2.00 bits per heavy atom. The standard InChI is InChI=1S/C15H22O5S/c1-12-6-8-14(9-7-12)21(16,17)19-11-13(2)20-15-5-3-4-10-18-15/h6-9,13,15H,3-5,10-11H2,1-2H3/t13-,15?/m0/s1. The molecule has 0 aromatic heterocycles. The van der Waals surface area contributed by atoms with Crippen LogP contribution in [0.4, 0.5) is 0 Å². The van der Waals surface area contributed by atoms with Crippen molar-refractivity contribution in [3.05, 3.63) is 29.8 Å². The lowest BCUT2D eigenvalue weighted by molar-refractivity contribution is -0.188. The van der Waals surface area contributed by atoms with Crippen molar-refractivity contribution in [2.24, 2.45) is 0 Å². The Morgan fingerprint density at radius 3 is 2.62 bits per heavy atom. The van der Waals surface area contributed by atoms with E-state index in [4.69, 9.17) is 13.7 Å². The van der Waals surface area contributed by atoms with Crippen LogP contribution in [-0.2, 0) is 23.8 Å². The van der Waals surface area contributed by atoms with E-state index in [1.165, 1.54) is 0 Å². The molecule has 6 heteroatoms. The minimum atomic E-state index is -3.73. The highest BCUT2D eigenvalue weighted by molar-refractivity contribution is 7.86. The second-order valence-corrected chi connectivity index (χ2v) is 6.91. The molecule has 1 aliphatic rings. The molecule has 0 bridgehead atoms. The average Bonchev–Trinajstić information content (AvgIpc) is 2.47. The molecule has 1 unspecified atom stereocenters. The summed E-state index contributed by atoms with van der Waals surface area (Å²) < 4.78 is 40.2. The van der Waals surface area contributed by atoms with Gasteiger partial charge in [-0.05, 0) is 45.2 Å². The van der Waals surface area contributed by atoms with Crippen molar-refractivity contribution in [3.8, 4) is 0 Å². The van der Waals surface area contributed by atoms with Crippen LogP contribution in [0.5, 0.6) is 0 Å². The van der Waals surface area contributed by atoms with E-state index < -0.39 is 10.1 Å².